The van der Waals surface area contributed by atoms with Crippen molar-refractivity contribution < 1.29 is 14.8 Å². The van der Waals surface area contributed by atoms with Crippen LogP contribution in [-0.4, -0.2) is 10.9 Å². The normalized spacial score (nSPS) is 11.3. The second-order valence-corrected chi connectivity index (χ2v) is 5.08. The zero-order valence-corrected chi connectivity index (χ0v) is 12.9. The Balaban J connectivity index is 2.35. The number of carbonyl (C=O) groups is 1. The summed E-state index contributed by atoms with van der Waals surface area (Å²) in [6.07, 6.45) is 0.404. The molecule has 0 fully saturated rings. The van der Waals surface area contributed by atoms with E-state index in [1.54, 1.807) is 31.2 Å². The number of carbonyl (C=O) groups excluding carboxylic acids is 1. The average Bonchev–Trinajstić information content (AvgIpc) is 2.59. The number of hydrogen-bond donors (Lipinski definition) is 1. The summed E-state index contributed by atoms with van der Waals surface area (Å²) in [4.78, 5) is 22.0. The first-order valence-corrected chi connectivity index (χ1v) is 7.21. The number of carboxylic acids is 1. The molecule has 0 saturated carbocycles. The Morgan fingerprint density at radius 2 is 1.96 bits per heavy atom. The van der Waals surface area contributed by atoms with E-state index in [1.807, 2.05) is 6.07 Å². The molecule has 0 amide bonds. The minimum atomic E-state index is -1.35. The fourth-order valence-electron chi connectivity index (χ4n) is 2.33. The van der Waals surface area contributed by atoms with E-state index in [1.165, 1.54) is 18.2 Å². The summed E-state index contributed by atoms with van der Waals surface area (Å²) in [6.45, 7) is 1.76. The summed E-state index contributed by atoms with van der Waals surface area (Å²) in [7, 11) is 0. The van der Waals surface area contributed by atoms with Crippen LogP contribution >= 0.6 is 0 Å². The van der Waals surface area contributed by atoms with Gasteiger partial charge in [0.1, 0.15) is 0 Å². The zero-order chi connectivity index (χ0) is 17.7. The van der Waals surface area contributed by atoms with Crippen LogP contribution in [0.4, 0.5) is 11.4 Å². The lowest BCUT2D eigenvalue weighted by atomic mass is 10.0. The van der Waals surface area contributed by atoms with Crippen LogP contribution in [0.1, 0.15) is 29.7 Å². The van der Waals surface area contributed by atoms with Crippen molar-refractivity contribution in [1.82, 2.24) is 0 Å². The van der Waals surface area contributed by atoms with E-state index in [2.05, 4.69) is 5.32 Å². The van der Waals surface area contributed by atoms with Gasteiger partial charge in [-0.25, -0.2) is 0 Å². The van der Waals surface area contributed by atoms with Gasteiger partial charge < -0.3 is 15.2 Å². The molecule has 0 bridgehead atoms. The number of nitro benzene ring substituents is 1. The third-order valence-corrected chi connectivity index (χ3v) is 3.58. The molecule has 2 aromatic carbocycles. The number of rotatable bonds is 6. The second kappa shape index (κ2) is 7.24. The van der Waals surface area contributed by atoms with Crippen molar-refractivity contribution in [2.24, 2.45) is 0 Å². The number of aryl methyl sites for hydroxylation is 1. The second-order valence-electron chi connectivity index (χ2n) is 5.08. The lowest BCUT2D eigenvalue weighted by Crippen LogP contribution is -2.34. The number of nitriles is 1. The molecular weight excluding hydrogens is 310 g/mol. The molecule has 0 aliphatic carbocycles. The first-order chi connectivity index (χ1) is 11.5. The molecule has 1 N–H and O–H groups in total. The highest BCUT2D eigenvalue weighted by molar-refractivity contribution is 5.78. The highest BCUT2D eigenvalue weighted by Gasteiger charge is 2.18. The maximum atomic E-state index is 11.5. The molecule has 122 valence electrons. The highest BCUT2D eigenvalue weighted by Crippen LogP contribution is 2.26. The maximum Gasteiger partial charge on any atom is 0.272 e. The van der Waals surface area contributed by atoms with E-state index in [9.17, 15) is 20.0 Å². The molecule has 0 aliphatic rings. The van der Waals surface area contributed by atoms with Gasteiger partial charge in [-0.3, -0.25) is 10.1 Å². The standard InChI is InChI=1S/C17H15N3O4/c1-2-12-9-13(5-8-15(12)20(23)24)16(17(21)22)19-14-6-3-11(10-18)4-7-14/h3-9,16,19H,2H2,1H3,(H,21,22)/p-1. The van der Waals surface area contributed by atoms with Crippen molar-refractivity contribution >= 4 is 17.3 Å². The Labute approximate surface area is 138 Å². The molecule has 0 radical (unpaired) electrons. The molecule has 0 aliphatic heterocycles. The predicted molar refractivity (Wildman–Crippen MR) is 85.0 cm³/mol. The maximum absolute atomic E-state index is 11.5. The molecule has 7 heteroatoms. The van der Waals surface area contributed by atoms with Crippen LogP contribution < -0.4 is 10.4 Å². The average molecular weight is 324 g/mol. The van der Waals surface area contributed by atoms with Crippen LogP contribution in [0.5, 0.6) is 0 Å². The first kappa shape index (κ1) is 17.0. The van der Waals surface area contributed by atoms with Crippen LogP contribution in [0.3, 0.4) is 0 Å². The molecule has 1 unspecified atom stereocenters. The Hall–Kier alpha value is -3.40. The van der Waals surface area contributed by atoms with Gasteiger partial charge >= 0.3 is 0 Å². The Bertz CT molecular complexity index is 810. The van der Waals surface area contributed by atoms with Gasteiger partial charge in [0, 0.05) is 17.3 Å². The van der Waals surface area contributed by atoms with E-state index >= 15 is 0 Å². The summed E-state index contributed by atoms with van der Waals surface area (Å²) in [5.41, 5.74) is 1.72. The minimum Gasteiger partial charge on any atom is -0.548 e. The van der Waals surface area contributed by atoms with Gasteiger partial charge in [-0.15, -0.1) is 0 Å². The van der Waals surface area contributed by atoms with Crippen molar-refractivity contribution in [2.75, 3.05) is 5.32 Å². The molecule has 2 aromatic rings. The number of hydrogen-bond acceptors (Lipinski definition) is 6. The lowest BCUT2D eigenvalue weighted by Gasteiger charge is -2.22. The summed E-state index contributed by atoms with van der Waals surface area (Å²) in [5, 5.41) is 34.0. The molecule has 24 heavy (non-hydrogen) atoms. The molecule has 0 spiro atoms. The molecule has 0 heterocycles. The van der Waals surface area contributed by atoms with Crippen molar-refractivity contribution in [3.8, 4) is 6.07 Å². The third kappa shape index (κ3) is 3.67. The summed E-state index contributed by atoms with van der Waals surface area (Å²) >= 11 is 0. The van der Waals surface area contributed by atoms with Crippen LogP contribution in [0.25, 0.3) is 0 Å². The molecule has 0 aromatic heterocycles. The number of benzene rings is 2. The first-order valence-electron chi connectivity index (χ1n) is 7.21. The highest BCUT2D eigenvalue weighted by atomic mass is 16.6. The third-order valence-electron chi connectivity index (χ3n) is 3.58. The number of nitro groups is 1. The summed E-state index contributed by atoms with van der Waals surface area (Å²) < 4.78 is 0. The molecule has 1 atom stereocenters. The Kier molecular flexibility index (Phi) is 5.12. The van der Waals surface area contributed by atoms with Gasteiger partial charge in [-0.2, -0.15) is 5.26 Å². The van der Waals surface area contributed by atoms with Gasteiger partial charge in [0.15, 0.2) is 0 Å². The molecule has 0 saturated heterocycles. The van der Waals surface area contributed by atoms with E-state index < -0.39 is 16.9 Å². The number of nitrogens with zero attached hydrogens (tertiary/aromatic N) is 2. The van der Waals surface area contributed by atoms with Crippen molar-refractivity contribution in [1.29, 1.82) is 5.26 Å². The summed E-state index contributed by atoms with van der Waals surface area (Å²) in [6, 6.07) is 11.3. The van der Waals surface area contributed by atoms with Crippen molar-refractivity contribution in [3.05, 3.63) is 69.3 Å². The number of nitrogens with one attached hydrogen (secondary N) is 1. The number of aliphatic carboxylic acids is 1. The predicted octanol–water partition coefficient (Wildman–Crippen LogP) is 1.93. The van der Waals surface area contributed by atoms with Crippen molar-refractivity contribution in [3.63, 3.8) is 0 Å². The quantitative estimate of drug-likeness (QED) is 0.640. The van der Waals surface area contributed by atoms with Gasteiger partial charge in [0.05, 0.1) is 28.6 Å². The topological polar surface area (TPSA) is 119 Å². The number of carboxylic acid groups (broad SMARTS) is 1. The fourth-order valence-corrected chi connectivity index (χ4v) is 2.33. The van der Waals surface area contributed by atoms with Crippen LogP contribution in [0.2, 0.25) is 0 Å². The molecule has 7 nitrogen and oxygen atoms in total. The van der Waals surface area contributed by atoms with Gasteiger partial charge in [0.2, 0.25) is 0 Å². The smallest absolute Gasteiger partial charge is 0.272 e. The number of anilines is 1. The molecular formula is C17H14N3O4-. The Morgan fingerprint density at radius 1 is 1.29 bits per heavy atom. The van der Waals surface area contributed by atoms with Crippen molar-refractivity contribution in [2.45, 2.75) is 19.4 Å². The lowest BCUT2D eigenvalue weighted by molar-refractivity contribution is -0.385. The van der Waals surface area contributed by atoms with Gasteiger partial charge in [-0.1, -0.05) is 6.92 Å². The van der Waals surface area contributed by atoms with E-state index in [-0.39, 0.29) is 5.69 Å². The zero-order valence-electron chi connectivity index (χ0n) is 12.9. The summed E-state index contributed by atoms with van der Waals surface area (Å²) in [5.74, 6) is -1.35. The van der Waals surface area contributed by atoms with E-state index in [4.69, 9.17) is 5.26 Å². The SMILES string of the molecule is CCc1cc(C(Nc2ccc(C#N)cc2)C(=O)[O-])ccc1[N+](=O)[O-]. The van der Waals surface area contributed by atoms with E-state index in [0.29, 0.717) is 28.8 Å². The van der Waals surface area contributed by atoms with Crippen LogP contribution in [0.15, 0.2) is 42.5 Å². The van der Waals surface area contributed by atoms with Crippen LogP contribution in [-0.2, 0) is 11.2 Å². The fraction of sp³-hybridized carbons (Fsp3) is 0.176. The Morgan fingerprint density at radius 3 is 2.46 bits per heavy atom. The largest absolute Gasteiger partial charge is 0.548 e. The van der Waals surface area contributed by atoms with Gasteiger partial charge in [-0.05, 0) is 48.4 Å². The van der Waals surface area contributed by atoms with E-state index in [0.717, 1.165) is 0 Å². The van der Waals surface area contributed by atoms with Gasteiger partial charge in [0.25, 0.3) is 5.69 Å². The van der Waals surface area contributed by atoms with Crippen LogP contribution in [0, 0.1) is 21.4 Å². The monoisotopic (exact) mass is 324 g/mol. The minimum absolute atomic E-state index is 0.0447. The molecule has 2 rings (SSSR count).